The van der Waals surface area contributed by atoms with Crippen LogP contribution in [0.2, 0.25) is 15.1 Å². The van der Waals surface area contributed by atoms with Gasteiger partial charge in [0.25, 0.3) is 0 Å². The van der Waals surface area contributed by atoms with E-state index in [4.69, 9.17) is 34.8 Å². The molecule has 0 saturated carbocycles. The summed E-state index contributed by atoms with van der Waals surface area (Å²) in [5.41, 5.74) is 1.92. The largest absolute Gasteiger partial charge is 0.595 e. The quantitative estimate of drug-likeness (QED) is 0.146. The Morgan fingerprint density at radius 1 is 0.816 bits per heavy atom. The summed E-state index contributed by atoms with van der Waals surface area (Å²) in [7, 11) is -4.34. The van der Waals surface area contributed by atoms with Gasteiger partial charge in [0, 0.05) is 68.2 Å². The van der Waals surface area contributed by atoms with Crippen LogP contribution < -0.4 is 20.8 Å². The number of anilines is 3. The fourth-order valence-corrected chi connectivity index (χ4v) is 7.57. The Bertz CT molecular complexity index is 1890. The third kappa shape index (κ3) is 9.01. The van der Waals surface area contributed by atoms with Crippen LogP contribution in [0.4, 0.5) is 27.5 Å². The zero-order valence-corrected chi connectivity index (χ0v) is 29.1. The van der Waals surface area contributed by atoms with Crippen LogP contribution in [-0.2, 0) is 21.4 Å². The van der Waals surface area contributed by atoms with Gasteiger partial charge in [-0.1, -0.05) is 71.2 Å². The summed E-state index contributed by atoms with van der Waals surface area (Å²) >= 11 is 18.7. The van der Waals surface area contributed by atoms with Crippen molar-refractivity contribution in [2.24, 2.45) is 0 Å². The van der Waals surface area contributed by atoms with Crippen LogP contribution in [-0.4, -0.2) is 67.5 Å². The first-order valence-electron chi connectivity index (χ1n) is 15.1. The van der Waals surface area contributed by atoms with Crippen molar-refractivity contribution in [1.82, 2.24) is 9.21 Å². The molecule has 1 saturated heterocycles. The van der Waals surface area contributed by atoms with Crippen LogP contribution in [0.25, 0.3) is 0 Å². The Hall–Kier alpha value is -3.92. The van der Waals surface area contributed by atoms with E-state index in [1.165, 1.54) is 24.3 Å². The molecule has 4 aromatic rings. The maximum absolute atomic E-state index is 13.7. The molecule has 0 aliphatic carbocycles. The molecule has 3 amide bonds. The number of hydrogen-bond donors (Lipinski definition) is 4. The van der Waals surface area contributed by atoms with Crippen LogP contribution in [0, 0.1) is 5.21 Å². The standard InChI is InChI=1S/C33H33Cl3N6O6S/c34-26-7-2-1-6-23(26)22-41(49(47,48)30-11-4-3-10-29(30)42(45)46)17-16-31(43)37-24-12-14-25(15-13-24)39-18-20-40(21-19-39)33(44)38-32-27(35)8-5-9-28(32)36/h1-15,42,45H,16-22H2,(H,37,43)(H,38,44). The number of quaternary nitrogens is 1. The molecule has 1 aliphatic rings. The molecule has 1 aliphatic heterocycles. The van der Waals surface area contributed by atoms with Gasteiger partial charge in [-0.3, -0.25) is 4.79 Å². The fraction of sp³-hybridized carbons (Fsp3) is 0.212. The van der Waals surface area contributed by atoms with E-state index in [2.05, 4.69) is 15.5 Å². The molecule has 1 atom stereocenters. The predicted octanol–water partition coefficient (Wildman–Crippen LogP) is 5.62. The van der Waals surface area contributed by atoms with E-state index in [-0.39, 0.29) is 36.1 Å². The number of halogens is 3. The van der Waals surface area contributed by atoms with Gasteiger partial charge in [-0.25, -0.2) is 18.4 Å². The summed E-state index contributed by atoms with van der Waals surface area (Å²) in [6.07, 6.45) is -0.204. The third-order valence-corrected chi connectivity index (χ3v) is 10.8. The summed E-state index contributed by atoms with van der Waals surface area (Å²) in [5.74, 6) is -0.433. The Kier molecular flexibility index (Phi) is 12.0. The number of benzene rings is 4. The maximum atomic E-state index is 13.7. The van der Waals surface area contributed by atoms with Gasteiger partial charge >= 0.3 is 6.03 Å². The molecule has 5 rings (SSSR count). The van der Waals surface area contributed by atoms with Crippen LogP contribution in [0.3, 0.4) is 0 Å². The lowest BCUT2D eigenvalue weighted by molar-refractivity contribution is -0.992. The molecule has 12 nitrogen and oxygen atoms in total. The van der Waals surface area contributed by atoms with Crippen LogP contribution in [0.15, 0.2) is 95.9 Å². The maximum Gasteiger partial charge on any atom is 0.322 e. The monoisotopic (exact) mass is 746 g/mol. The van der Waals surface area contributed by atoms with Crippen molar-refractivity contribution in [2.45, 2.75) is 17.9 Å². The van der Waals surface area contributed by atoms with Gasteiger partial charge in [0.05, 0.1) is 15.7 Å². The number of nitrogens with zero attached hydrogens (tertiary/aromatic N) is 3. The number of para-hydroxylation sites is 2. The van der Waals surface area contributed by atoms with Gasteiger partial charge in [0.1, 0.15) is 4.90 Å². The minimum atomic E-state index is -4.34. The van der Waals surface area contributed by atoms with E-state index >= 15 is 0 Å². The number of sulfonamides is 1. The Morgan fingerprint density at radius 2 is 1.43 bits per heavy atom. The number of piperazine rings is 1. The number of hydrogen-bond acceptors (Lipinski definition) is 7. The number of urea groups is 1. The molecular formula is C33H33Cl3N6O6S. The molecule has 0 spiro atoms. The summed E-state index contributed by atoms with van der Waals surface area (Å²) in [5, 5.41) is 26.7. The van der Waals surface area contributed by atoms with Gasteiger partial charge < -0.3 is 25.6 Å². The summed E-state index contributed by atoms with van der Waals surface area (Å²) in [4.78, 5) is 29.2. The predicted molar refractivity (Wildman–Crippen MR) is 190 cm³/mol. The highest BCUT2D eigenvalue weighted by Crippen LogP contribution is 2.30. The molecule has 0 radical (unpaired) electrons. The van der Waals surface area contributed by atoms with E-state index in [1.54, 1.807) is 59.5 Å². The number of amides is 3. The molecule has 49 heavy (non-hydrogen) atoms. The lowest BCUT2D eigenvalue weighted by atomic mass is 10.2. The molecule has 1 unspecified atom stereocenters. The van der Waals surface area contributed by atoms with E-state index in [0.29, 0.717) is 58.2 Å². The van der Waals surface area contributed by atoms with Crippen molar-refractivity contribution in [1.29, 1.82) is 0 Å². The van der Waals surface area contributed by atoms with E-state index in [9.17, 15) is 28.4 Å². The number of rotatable bonds is 11. The summed E-state index contributed by atoms with van der Waals surface area (Å²) < 4.78 is 28.5. The van der Waals surface area contributed by atoms with Crippen LogP contribution in [0.5, 0.6) is 0 Å². The molecule has 4 aromatic carbocycles. The Morgan fingerprint density at radius 3 is 2.08 bits per heavy atom. The Balaban J connectivity index is 1.19. The number of carbonyl (C=O) groups excluding carboxylic acids is 2. The number of nitrogens with one attached hydrogen (secondary N) is 3. The average molecular weight is 748 g/mol. The molecule has 1 fully saturated rings. The minimum Gasteiger partial charge on any atom is -0.595 e. The van der Waals surface area contributed by atoms with Gasteiger partial charge in [0.15, 0.2) is 5.69 Å². The van der Waals surface area contributed by atoms with E-state index in [0.717, 1.165) is 9.99 Å². The molecule has 1 heterocycles. The highest BCUT2D eigenvalue weighted by molar-refractivity contribution is 7.89. The smallest absolute Gasteiger partial charge is 0.322 e. The first-order chi connectivity index (χ1) is 23.4. The SMILES string of the molecule is O=C(CCN(Cc1ccccc1Cl)S(=O)(=O)c1ccccc1[NH+]([O-])O)Nc1ccc(N2CCN(C(=O)Nc3c(Cl)cccc3Cl)CC2)cc1. The van der Waals surface area contributed by atoms with Crippen molar-refractivity contribution in [3.8, 4) is 0 Å². The highest BCUT2D eigenvalue weighted by Gasteiger charge is 2.31. The van der Waals surface area contributed by atoms with Crippen molar-refractivity contribution in [3.63, 3.8) is 0 Å². The van der Waals surface area contributed by atoms with Crippen LogP contribution in [0.1, 0.15) is 12.0 Å². The van der Waals surface area contributed by atoms with Crippen molar-refractivity contribution in [3.05, 3.63) is 117 Å². The first-order valence-corrected chi connectivity index (χ1v) is 17.7. The van der Waals surface area contributed by atoms with Gasteiger partial charge in [0.2, 0.25) is 15.9 Å². The van der Waals surface area contributed by atoms with Crippen molar-refractivity contribution in [2.75, 3.05) is 48.3 Å². The number of carbonyl (C=O) groups is 2. The molecule has 0 bridgehead atoms. The summed E-state index contributed by atoms with van der Waals surface area (Å²) in [6.45, 7) is 1.70. The van der Waals surface area contributed by atoms with Gasteiger partial charge in [-0.15, -0.1) is 0 Å². The average Bonchev–Trinajstić information content (AvgIpc) is 3.09. The topological polar surface area (TPSA) is 150 Å². The van der Waals surface area contributed by atoms with Crippen molar-refractivity contribution >= 4 is 79.5 Å². The third-order valence-electron chi connectivity index (χ3n) is 7.91. The van der Waals surface area contributed by atoms with E-state index < -0.39 is 21.2 Å². The molecular weight excluding hydrogens is 715 g/mol. The zero-order chi connectivity index (χ0) is 35.1. The second-order valence-corrected chi connectivity index (χ2v) is 14.2. The molecule has 0 aromatic heterocycles. The molecule has 258 valence electrons. The van der Waals surface area contributed by atoms with Crippen LogP contribution >= 0.6 is 34.8 Å². The zero-order valence-electron chi connectivity index (χ0n) is 26.0. The van der Waals surface area contributed by atoms with Gasteiger partial charge in [-0.05, 0) is 54.1 Å². The summed E-state index contributed by atoms with van der Waals surface area (Å²) in [6, 6.07) is 23.9. The second kappa shape index (κ2) is 16.2. The first kappa shape index (κ1) is 36.4. The molecule has 4 N–H and O–H groups in total. The van der Waals surface area contributed by atoms with Gasteiger partial charge in [-0.2, -0.15) is 9.53 Å². The Labute approximate surface area is 299 Å². The minimum absolute atomic E-state index is 0.166. The fourth-order valence-electron chi connectivity index (χ4n) is 5.28. The highest BCUT2D eigenvalue weighted by atomic mass is 35.5. The lowest BCUT2D eigenvalue weighted by Crippen LogP contribution is -2.99. The lowest BCUT2D eigenvalue weighted by Gasteiger charge is -2.36. The van der Waals surface area contributed by atoms with E-state index in [1.807, 2.05) is 12.1 Å². The normalized spacial score (nSPS) is 14.1. The van der Waals surface area contributed by atoms with Crippen molar-refractivity contribution < 1.29 is 28.4 Å². The second-order valence-electron chi connectivity index (χ2n) is 11.1. The molecule has 16 heteroatoms.